The lowest BCUT2D eigenvalue weighted by molar-refractivity contribution is -0.121. The number of halogens is 1. The van der Waals surface area contributed by atoms with E-state index in [0.29, 0.717) is 18.8 Å². The lowest BCUT2D eigenvalue weighted by atomic mass is 10.2. The number of benzene rings is 1. The Hall–Kier alpha value is -1.81. The summed E-state index contributed by atoms with van der Waals surface area (Å²) in [5.41, 5.74) is 1.99. The molecule has 1 aromatic carbocycles. The van der Waals surface area contributed by atoms with Crippen LogP contribution in [-0.2, 0) is 11.3 Å². The van der Waals surface area contributed by atoms with Gasteiger partial charge in [-0.1, -0.05) is 18.2 Å². The molecule has 1 amide bonds. The van der Waals surface area contributed by atoms with Crippen LogP contribution in [0, 0.1) is 0 Å². The molecule has 20 heavy (non-hydrogen) atoms. The normalized spacial score (nSPS) is 10.4. The summed E-state index contributed by atoms with van der Waals surface area (Å²) >= 11 is 5.58. The molecule has 0 atom stereocenters. The number of nitrogens with zero attached hydrogens (tertiary/aromatic N) is 2. The first-order valence-electron chi connectivity index (χ1n) is 6.71. The quantitative estimate of drug-likeness (QED) is 0.630. The maximum absolute atomic E-state index is 11.6. The van der Waals surface area contributed by atoms with E-state index in [1.165, 1.54) is 0 Å². The van der Waals surface area contributed by atoms with E-state index in [9.17, 15) is 4.79 Å². The van der Waals surface area contributed by atoms with Crippen molar-refractivity contribution in [3.63, 3.8) is 0 Å². The SMILES string of the molecule is O=C(CCCCCl)NCc1cnn(-c2ccccc2)c1. The van der Waals surface area contributed by atoms with Crippen molar-refractivity contribution in [3.05, 3.63) is 48.3 Å². The van der Waals surface area contributed by atoms with Gasteiger partial charge in [0.1, 0.15) is 0 Å². The molecule has 0 aliphatic heterocycles. The van der Waals surface area contributed by atoms with Gasteiger partial charge in [-0.25, -0.2) is 4.68 Å². The van der Waals surface area contributed by atoms with Crippen LogP contribution in [0.2, 0.25) is 0 Å². The van der Waals surface area contributed by atoms with Gasteiger partial charge in [0.05, 0.1) is 11.9 Å². The first-order chi connectivity index (χ1) is 9.79. The summed E-state index contributed by atoms with van der Waals surface area (Å²) in [6.07, 6.45) is 5.93. The highest BCUT2D eigenvalue weighted by Gasteiger charge is 2.03. The summed E-state index contributed by atoms with van der Waals surface area (Å²) in [5, 5.41) is 7.18. The summed E-state index contributed by atoms with van der Waals surface area (Å²) in [7, 11) is 0. The van der Waals surface area contributed by atoms with Crippen molar-refractivity contribution in [2.45, 2.75) is 25.8 Å². The van der Waals surface area contributed by atoms with E-state index in [2.05, 4.69) is 10.4 Å². The molecule has 0 unspecified atom stereocenters. The van der Waals surface area contributed by atoms with Gasteiger partial charge in [-0.05, 0) is 25.0 Å². The number of hydrogen-bond donors (Lipinski definition) is 1. The highest BCUT2D eigenvalue weighted by Crippen LogP contribution is 2.07. The average Bonchev–Trinajstić information content (AvgIpc) is 2.95. The molecule has 2 aromatic rings. The summed E-state index contributed by atoms with van der Waals surface area (Å²) < 4.78 is 1.80. The highest BCUT2D eigenvalue weighted by atomic mass is 35.5. The Labute approximate surface area is 123 Å². The van der Waals surface area contributed by atoms with Crippen LogP contribution in [0.25, 0.3) is 5.69 Å². The van der Waals surface area contributed by atoms with E-state index in [1.54, 1.807) is 10.9 Å². The Morgan fingerprint density at radius 3 is 2.80 bits per heavy atom. The fraction of sp³-hybridized carbons (Fsp3) is 0.333. The predicted molar refractivity (Wildman–Crippen MR) is 80.0 cm³/mol. The third-order valence-electron chi connectivity index (χ3n) is 2.93. The zero-order valence-corrected chi connectivity index (χ0v) is 12.0. The Morgan fingerprint density at radius 2 is 2.05 bits per heavy atom. The molecule has 1 aromatic heterocycles. The first kappa shape index (κ1) is 14.6. The molecule has 0 aliphatic carbocycles. The molecule has 0 bridgehead atoms. The Kier molecular flexibility index (Phi) is 5.62. The standard InChI is InChI=1S/C15H18ClN3O/c16-9-5-4-8-15(20)17-10-13-11-18-19(12-13)14-6-2-1-3-7-14/h1-3,6-7,11-12H,4-5,8-10H2,(H,17,20). The lowest BCUT2D eigenvalue weighted by Crippen LogP contribution is -2.22. The third kappa shape index (κ3) is 4.38. The molecule has 1 N–H and O–H groups in total. The van der Waals surface area contributed by atoms with Crippen molar-refractivity contribution in [1.82, 2.24) is 15.1 Å². The van der Waals surface area contributed by atoms with Gasteiger partial charge in [-0.2, -0.15) is 5.10 Å². The second-order valence-electron chi connectivity index (χ2n) is 4.55. The second kappa shape index (κ2) is 7.70. The van der Waals surface area contributed by atoms with E-state index in [-0.39, 0.29) is 5.91 Å². The maximum Gasteiger partial charge on any atom is 0.220 e. The molecule has 0 radical (unpaired) electrons. The van der Waals surface area contributed by atoms with Crippen LogP contribution in [-0.4, -0.2) is 21.6 Å². The lowest BCUT2D eigenvalue weighted by Gasteiger charge is -2.03. The number of carbonyl (C=O) groups excluding carboxylic acids is 1. The van der Waals surface area contributed by atoms with Gasteiger partial charge in [-0.3, -0.25) is 4.79 Å². The van der Waals surface area contributed by atoms with Gasteiger partial charge in [0, 0.05) is 30.6 Å². The van der Waals surface area contributed by atoms with Crippen molar-refractivity contribution in [2.24, 2.45) is 0 Å². The second-order valence-corrected chi connectivity index (χ2v) is 4.93. The zero-order chi connectivity index (χ0) is 14.2. The van der Waals surface area contributed by atoms with Crippen LogP contribution in [0.4, 0.5) is 0 Å². The number of alkyl halides is 1. The summed E-state index contributed by atoms with van der Waals surface area (Å²) in [6, 6.07) is 9.88. The molecule has 0 aliphatic rings. The molecule has 106 valence electrons. The van der Waals surface area contributed by atoms with Crippen molar-refractivity contribution in [1.29, 1.82) is 0 Å². The van der Waals surface area contributed by atoms with Crippen molar-refractivity contribution < 1.29 is 4.79 Å². The van der Waals surface area contributed by atoms with Crippen LogP contribution < -0.4 is 5.32 Å². The number of rotatable bonds is 7. The number of hydrogen-bond acceptors (Lipinski definition) is 2. The molecule has 1 heterocycles. The Bertz CT molecular complexity index is 539. The zero-order valence-electron chi connectivity index (χ0n) is 11.3. The van der Waals surface area contributed by atoms with E-state index in [0.717, 1.165) is 24.1 Å². The Balaban J connectivity index is 1.83. The molecule has 0 fully saturated rings. The van der Waals surface area contributed by atoms with Gasteiger partial charge in [0.15, 0.2) is 0 Å². The number of nitrogens with one attached hydrogen (secondary N) is 1. The van der Waals surface area contributed by atoms with Crippen LogP contribution in [0.3, 0.4) is 0 Å². The minimum absolute atomic E-state index is 0.0579. The molecular formula is C15H18ClN3O. The molecule has 2 rings (SSSR count). The van der Waals surface area contributed by atoms with E-state index >= 15 is 0 Å². The van der Waals surface area contributed by atoms with Crippen LogP contribution >= 0.6 is 11.6 Å². The van der Waals surface area contributed by atoms with E-state index in [4.69, 9.17) is 11.6 Å². The molecule has 0 saturated carbocycles. The van der Waals surface area contributed by atoms with Crippen molar-refractivity contribution in [3.8, 4) is 5.69 Å². The van der Waals surface area contributed by atoms with Crippen molar-refractivity contribution in [2.75, 3.05) is 5.88 Å². The van der Waals surface area contributed by atoms with E-state index in [1.807, 2.05) is 36.5 Å². The van der Waals surface area contributed by atoms with Crippen LogP contribution in [0.15, 0.2) is 42.7 Å². The Morgan fingerprint density at radius 1 is 1.25 bits per heavy atom. The maximum atomic E-state index is 11.6. The topological polar surface area (TPSA) is 46.9 Å². The third-order valence-corrected chi connectivity index (χ3v) is 3.20. The molecule has 0 saturated heterocycles. The summed E-state index contributed by atoms with van der Waals surface area (Å²) in [6.45, 7) is 0.506. The first-order valence-corrected chi connectivity index (χ1v) is 7.24. The molecule has 4 nitrogen and oxygen atoms in total. The number of carbonyl (C=O) groups is 1. The predicted octanol–water partition coefficient (Wildman–Crippen LogP) is 2.90. The minimum Gasteiger partial charge on any atom is -0.352 e. The number of amides is 1. The van der Waals surface area contributed by atoms with Gasteiger partial charge >= 0.3 is 0 Å². The highest BCUT2D eigenvalue weighted by molar-refractivity contribution is 6.17. The van der Waals surface area contributed by atoms with Gasteiger partial charge in [0.2, 0.25) is 5.91 Å². The molecular weight excluding hydrogens is 274 g/mol. The van der Waals surface area contributed by atoms with Gasteiger partial charge < -0.3 is 5.32 Å². The number of aromatic nitrogens is 2. The summed E-state index contributed by atoms with van der Waals surface area (Å²) in [5.74, 6) is 0.666. The van der Waals surface area contributed by atoms with Crippen LogP contribution in [0.5, 0.6) is 0 Å². The van der Waals surface area contributed by atoms with Crippen molar-refractivity contribution >= 4 is 17.5 Å². The van der Waals surface area contributed by atoms with Crippen LogP contribution in [0.1, 0.15) is 24.8 Å². The van der Waals surface area contributed by atoms with Gasteiger partial charge in [-0.15, -0.1) is 11.6 Å². The van der Waals surface area contributed by atoms with Gasteiger partial charge in [0.25, 0.3) is 0 Å². The summed E-state index contributed by atoms with van der Waals surface area (Å²) in [4.78, 5) is 11.6. The number of unbranched alkanes of at least 4 members (excludes halogenated alkanes) is 1. The van der Waals surface area contributed by atoms with E-state index < -0.39 is 0 Å². The molecule has 0 spiro atoms. The molecule has 5 heteroatoms. The fourth-order valence-corrected chi connectivity index (χ4v) is 2.03. The fourth-order valence-electron chi connectivity index (χ4n) is 1.84. The smallest absolute Gasteiger partial charge is 0.220 e. The number of para-hydroxylation sites is 1. The average molecular weight is 292 g/mol. The largest absolute Gasteiger partial charge is 0.352 e. The monoisotopic (exact) mass is 291 g/mol. The minimum atomic E-state index is 0.0579.